The predicted molar refractivity (Wildman–Crippen MR) is 91.5 cm³/mol. The highest BCUT2D eigenvalue weighted by Crippen LogP contribution is 2.40. The molecule has 3 rings (SSSR count). The van der Waals surface area contributed by atoms with Gasteiger partial charge in [0.25, 0.3) is 11.6 Å². The maximum absolute atomic E-state index is 12.7. The van der Waals surface area contributed by atoms with Crippen LogP contribution in [0, 0.1) is 28.9 Å². The van der Waals surface area contributed by atoms with Crippen molar-refractivity contribution in [2.24, 2.45) is 17.6 Å². The third kappa shape index (κ3) is 3.08. The van der Waals surface area contributed by atoms with Crippen LogP contribution in [0.2, 0.25) is 0 Å². The Morgan fingerprint density at radius 3 is 2.50 bits per heavy atom. The highest BCUT2D eigenvalue weighted by molar-refractivity contribution is 6.01. The van der Waals surface area contributed by atoms with Crippen LogP contribution in [0.3, 0.4) is 0 Å². The van der Waals surface area contributed by atoms with Gasteiger partial charge in [0.1, 0.15) is 5.69 Å². The molecule has 0 spiro atoms. The molecular formula is C17H24N4O3. The molecule has 0 saturated heterocycles. The van der Waals surface area contributed by atoms with Gasteiger partial charge in [-0.25, -0.2) is 0 Å². The van der Waals surface area contributed by atoms with Gasteiger partial charge in [-0.3, -0.25) is 14.9 Å². The Morgan fingerprint density at radius 1 is 1.29 bits per heavy atom. The van der Waals surface area contributed by atoms with Crippen LogP contribution < -0.4 is 16.8 Å². The number of benzene rings is 1. The molecule has 0 aromatic heterocycles. The summed E-state index contributed by atoms with van der Waals surface area (Å²) in [5, 5.41) is 14.2. The predicted octanol–water partition coefficient (Wildman–Crippen LogP) is 2.12. The number of rotatable bonds is 3. The number of carbonyl (C=O) groups is 1. The standard InChI is InChI=1S/C17H24N4O3/c1-9-5-13(15(19)14(6-9)21(23)24)17(22)20-16-10-3-2-4-11(16)8-12(18)7-10/h5-6,10-12,16H,2-4,7-8,18-19H2,1H3,(H,20,22). The Bertz CT molecular complexity index is 662. The van der Waals surface area contributed by atoms with Crippen LogP contribution in [0.5, 0.6) is 0 Å². The Labute approximate surface area is 140 Å². The van der Waals surface area contributed by atoms with Crippen LogP contribution in [-0.2, 0) is 0 Å². The van der Waals surface area contributed by atoms with Crippen LogP contribution >= 0.6 is 0 Å². The van der Waals surface area contributed by atoms with E-state index in [4.69, 9.17) is 11.5 Å². The highest BCUT2D eigenvalue weighted by Gasteiger charge is 2.40. The lowest BCUT2D eigenvalue weighted by molar-refractivity contribution is -0.384. The molecule has 24 heavy (non-hydrogen) atoms. The van der Waals surface area contributed by atoms with E-state index in [0.29, 0.717) is 17.4 Å². The van der Waals surface area contributed by atoms with E-state index >= 15 is 0 Å². The molecule has 0 heterocycles. The fraction of sp³-hybridized carbons (Fsp3) is 0.588. The average Bonchev–Trinajstić information content (AvgIpc) is 2.49. The van der Waals surface area contributed by atoms with Gasteiger partial charge in [-0.2, -0.15) is 0 Å². The van der Waals surface area contributed by atoms with Crippen molar-refractivity contribution in [3.63, 3.8) is 0 Å². The zero-order valence-electron chi connectivity index (χ0n) is 13.8. The summed E-state index contributed by atoms with van der Waals surface area (Å²) in [5.74, 6) is 0.451. The third-order valence-corrected chi connectivity index (χ3v) is 5.42. The van der Waals surface area contributed by atoms with Crippen molar-refractivity contribution in [1.82, 2.24) is 5.32 Å². The Kier molecular flexibility index (Phi) is 4.45. The Balaban J connectivity index is 1.84. The zero-order chi connectivity index (χ0) is 17.4. The van der Waals surface area contributed by atoms with Gasteiger partial charge in [-0.15, -0.1) is 0 Å². The first-order valence-electron chi connectivity index (χ1n) is 8.47. The smallest absolute Gasteiger partial charge is 0.293 e. The van der Waals surface area contributed by atoms with Gasteiger partial charge in [-0.05, 0) is 56.1 Å². The number of hydrogen-bond acceptors (Lipinski definition) is 5. The molecule has 2 aliphatic rings. The second kappa shape index (κ2) is 6.39. The quantitative estimate of drug-likeness (QED) is 0.444. The normalized spacial score (nSPS) is 29.1. The molecule has 2 fully saturated rings. The molecule has 2 bridgehead atoms. The number of carbonyl (C=O) groups excluding carboxylic acids is 1. The fourth-order valence-corrected chi connectivity index (χ4v) is 4.37. The number of fused-ring (bicyclic) bond motifs is 2. The number of nitro groups is 1. The van der Waals surface area contributed by atoms with Crippen molar-refractivity contribution in [2.45, 2.75) is 51.1 Å². The summed E-state index contributed by atoms with van der Waals surface area (Å²) >= 11 is 0. The lowest BCUT2D eigenvalue weighted by atomic mass is 9.67. The molecule has 130 valence electrons. The zero-order valence-corrected chi connectivity index (χ0v) is 13.8. The van der Waals surface area contributed by atoms with E-state index in [0.717, 1.165) is 25.7 Å². The number of hydrogen-bond donors (Lipinski definition) is 3. The maximum Gasteiger partial charge on any atom is 0.293 e. The Morgan fingerprint density at radius 2 is 1.92 bits per heavy atom. The largest absolute Gasteiger partial charge is 0.393 e. The summed E-state index contributed by atoms with van der Waals surface area (Å²) in [5.41, 5.74) is 12.5. The van der Waals surface area contributed by atoms with Crippen molar-refractivity contribution in [3.05, 3.63) is 33.4 Å². The monoisotopic (exact) mass is 332 g/mol. The van der Waals surface area contributed by atoms with Gasteiger partial charge in [0.15, 0.2) is 0 Å². The van der Waals surface area contributed by atoms with Crippen LogP contribution in [0.4, 0.5) is 11.4 Å². The van der Waals surface area contributed by atoms with E-state index in [9.17, 15) is 14.9 Å². The van der Waals surface area contributed by atoms with Crippen LogP contribution in [-0.4, -0.2) is 22.9 Å². The van der Waals surface area contributed by atoms with Gasteiger partial charge in [0.2, 0.25) is 0 Å². The average molecular weight is 332 g/mol. The lowest BCUT2D eigenvalue weighted by Gasteiger charge is -2.45. The van der Waals surface area contributed by atoms with Gasteiger partial charge in [0, 0.05) is 18.2 Å². The molecule has 1 amide bonds. The van der Waals surface area contributed by atoms with Gasteiger partial charge in [0.05, 0.1) is 10.5 Å². The summed E-state index contributed by atoms with van der Waals surface area (Å²) in [7, 11) is 0. The second-order valence-corrected chi connectivity index (χ2v) is 7.18. The molecule has 2 unspecified atom stereocenters. The molecule has 1 aromatic rings. The SMILES string of the molecule is Cc1cc(C(=O)NC2C3CCCC2CC(N)C3)c(N)c([N+](=O)[O-])c1. The number of nitro benzene ring substituents is 1. The number of nitrogens with zero attached hydrogens (tertiary/aromatic N) is 1. The molecule has 2 atom stereocenters. The lowest BCUT2D eigenvalue weighted by Crippen LogP contribution is -2.53. The molecular weight excluding hydrogens is 308 g/mol. The first-order valence-corrected chi connectivity index (χ1v) is 8.47. The minimum atomic E-state index is -0.548. The van der Waals surface area contributed by atoms with Crippen LogP contribution in [0.1, 0.15) is 48.0 Å². The summed E-state index contributed by atoms with van der Waals surface area (Å²) in [6, 6.07) is 3.30. The van der Waals surface area contributed by atoms with E-state index in [1.165, 1.54) is 12.5 Å². The number of nitrogens with one attached hydrogen (secondary N) is 1. The number of aryl methyl sites for hydroxylation is 1. The third-order valence-electron chi connectivity index (χ3n) is 5.42. The first-order chi connectivity index (χ1) is 11.4. The van der Waals surface area contributed by atoms with Crippen LogP contribution in [0.15, 0.2) is 12.1 Å². The number of nitrogen functional groups attached to an aromatic ring is 1. The molecule has 0 aliphatic heterocycles. The number of amides is 1. The molecule has 7 nitrogen and oxygen atoms in total. The topological polar surface area (TPSA) is 124 Å². The van der Waals surface area contributed by atoms with Gasteiger partial charge >= 0.3 is 0 Å². The van der Waals surface area contributed by atoms with E-state index in [1.54, 1.807) is 13.0 Å². The molecule has 7 heteroatoms. The number of nitrogens with two attached hydrogens (primary N) is 2. The van der Waals surface area contributed by atoms with E-state index in [2.05, 4.69) is 5.32 Å². The van der Waals surface area contributed by atoms with Crippen molar-refractivity contribution in [2.75, 3.05) is 5.73 Å². The molecule has 2 aliphatic carbocycles. The minimum absolute atomic E-state index is 0.0687. The molecule has 5 N–H and O–H groups in total. The second-order valence-electron chi connectivity index (χ2n) is 7.18. The van der Waals surface area contributed by atoms with E-state index in [1.807, 2.05) is 0 Å². The fourth-order valence-electron chi connectivity index (χ4n) is 4.37. The summed E-state index contributed by atoms with van der Waals surface area (Å²) < 4.78 is 0. The Hall–Kier alpha value is -2.15. The summed E-state index contributed by atoms with van der Waals surface area (Å²) in [6.45, 7) is 1.72. The maximum atomic E-state index is 12.7. The van der Waals surface area contributed by atoms with Gasteiger partial charge < -0.3 is 16.8 Å². The molecule has 0 radical (unpaired) electrons. The van der Waals surface area contributed by atoms with Crippen molar-refractivity contribution < 1.29 is 9.72 Å². The summed E-state index contributed by atoms with van der Waals surface area (Å²) in [6.07, 6.45) is 5.15. The van der Waals surface area contributed by atoms with Gasteiger partial charge in [-0.1, -0.05) is 6.42 Å². The van der Waals surface area contributed by atoms with E-state index in [-0.39, 0.29) is 34.9 Å². The summed E-state index contributed by atoms with van der Waals surface area (Å²) in [4.78, 5) is 23.3. The van der Waals surface area contributed by atoms with Crippen molar-refractivity contribution in [1.29, 1.82) is 0 Å². The van der Waals surface area contributed by atoms with Crippen molar-refractivity contribution >= 4 is 17.3 Å². The molecule has 1 aromatic carbocycles. The van der Waals surface area contributed by atoms with E-state index < -0.39 is 4.92 Å². The first kappa shape index (κ1) is 16.7. The number of anilines is 1. The highest BCUT2D eigenvalue weighted by atomic mass is 16.6. The minimum Gasteiger partial charge on any atom is -0.393 e. The van der Waals surface area contributed by atoms with Crippen LogP contribution in [0.25, 0.3) is 0 Å². The molecule has 2 saturated carbocycles. The van der Waals surface area contributed by atoms with Crippen molar-refractivity contribution in [3.8, 4) is 0 Å².